The van der Waals surface area contributed by atoms with E-state index < -0.39 is 9.84 Å². The molecule has 100 valence electrons. The zero-order chi connectivity index (χ0) is 13.2. The van der Waals surface area contributed by atoms with Gasteiger partial charge in [-0.3, -0.25) is 0 Å². The normalized spacial score (nSPS) is 21.0. The standard InChI is InChI=1S/C13H20N2O2S/c1-3-18(16,17)13-7-5-4-6-12(13)15-9-8-14-10-11(15)2/h4-7,11,14H,3,8-10H2,1-2H3. The minimum Gasteiger partial charge on any atom is -0.365 e. The van der Waals surface area contributed by atoms with Gasteiger partial charge in [0.25, 0.3) is 0 Å². The average Bonchev–Trinajstić information content (AvgIpc) is 2.39. The molecule has 0 aliphatic carbocycles. The molecule has 5 heteroatoms. The third kappa shape index (κ3) is 2.52. The van der Waals surface area contributed by atoms with Crippen LogP contribution in [0, 0.1) is 0 Å². The molecule has 1 saturated heterocycles. The third-order valence-electron chi connectivity index (χ3n) is 3.39. The lowest BCUT2D eigenvalue weighted by atomic mass is 10.2. The Morgan fingerprint density at radius 3 is 2.78 bits per heavy atom. The molecule has 1 N–H and O–H groups in total. The fourth-order valence-electron chi connectivity index (χ4n) is 2.31. The average molecular weight is 268 g/mol. The molecule has 0 radical (unpaired) electrons. The van der Waals surface area contributed by atoms with Crippen LogP contribution in [0.15, 0.2) is 29.2 Å². The largest absolute Gasteiger partial charge is 0.365 e. The van der Waals surface area contributed by atoms with E-state index in [1.54, 1.807) is 19.1 Å². The highest BCUT2D eigenvalue weighted by atomic mass is 32.2. The van der Waals surface area contributed by atoms with Gasteiger partial charge in [0.2, 0.25) is 0 Å². The predicted octanol–water partition coefficient (Wildman–Crippen LogP) is 1.28. The molecule has 1 aliphatic rings. The molecule has 0 spiro atoms. The van der Waals surface area contributed by atoms with E-state index in [0.29, 0.717) is 10.9 Å². The van der Waals surface area contributed by atoms with E-state index in [1.807, 2.05) is 12.1 Å². The first-order chi connectivity index (χ1) is 8.56. The minimum atomic E-state index is -3.16. The number of hydrogen-bond donors (Lipinski definition) is 1. The summed E-state index contributed by atoms with van der Waals surface area (Å²) in [6.07, 6.45) is 0. The molecule has 2 rings (SSSR count). The van der Waals surface area contributed by atoms with Crippen LogP contribution in [-0.4, -0.2) is 39.8 Å². The van der Waals surface area contributed by atoms with Crippen molar-refractivity contribution < 1.29 is 8.42 Å². The summed E-state index contributed by atoms with van der Waals surface area (Å²) in [5.74, 6) is 0.143. The van der Waals surface area contributed by atoms with Crippen LogP contribution in [0.2, 0.25) is 0 Å². The van der Waals surface area contributed by atoms with E-state index >= 15 is 0 Å². The Morgan fingerprint density at radius 1 is 1.39 bits per heavy atom. The Hall–Kier alpha value is -1.07. The summed E-state index contributed by atoms with van der Waals surface area (Å²) in [6.45, 7) is 6.43. The first-order valence-electron chi connectivity index (χ1n) is 6.35. The van der Waals surface area contributed by atoms with E-state index in [4.69, 9.17) is 0 Å². The maximum atomic E-state index is 12.1. The topological polar surface area (TPSA) is 49.4 Å². The highest BCUT2D eigenvalue weighted by Gasteiger charge is 2.24. The second-order valence-corrected chi connectivity index (χ2v) is 6.86. The van der Waals surface area contributed by atoms with Crippen LogP contribution in [-0.2, 0) is 9.84 Å². The minimum absolute atomic E-state index is 0.143. The number of hydrogen-bond acceptors (Lipinski definition) is 4. The molecule has 0 saturated carbocycles. The van der Waals surface area contributed by atoms with Gasteiger partial charge in [0.05, 0.1) is 16.3 Å². The van der Waals surface area contributed by atoms with Crippen molar-refractivity contribution in [2.24, 2.45) is 0 Å². The van der Waals surface area contributed by atoms with E-state index in [2.05, 4.69) is 17.1 Å². The summed E-state index contributed by atoms with van der Waals surface area (Å²) in [7, 11) is -3.16. The number of piperazine rings is 1. The van der Waals surface area contributed by atoms with Gasteiger partial charge in [-0.1, -0.05) is 19.1 Å². The van der Waals surface area contributed by atoms with Crippen LogP contribution in [0.5, 0.6) is 0 Å². The molecule has 0 bridgehead atoms. The smallest absolute Gasteiger partial charge is 0.180 e. The van der Waals surface area contributed by atoms with Crippen LogP contribution >= 0.6 is 0 Å². The first kappa shape index (κ1) is 13.4. The van der Waals surface area contributed by atoms with E-state index in [9.17, 15) is 8.42 Å². The fraction of sp³-hybridized carbons (Fsp3) is 0.538. The number of sulfone groups is 1. The second kappa shape index (κ2) is 5.28. The molecule has 1 fully saturated rings. The zero-order valence-electron chi connectivity index (χ0n) is 10.9. The number of benzene rings is 1. The van der Waals surface area contributed by atoms with E-state index in [-0.39, 0.29) is 5.75 Å². The fourth-order valence-corrected chi connectivity index (χ4v) is 3.41. The van der Waals surface area contributed by atoms with E-state index in [0.717, 1.165) is 25.3 Å². The molecule has 1 aliphatic heterocycles. The molecule has 1 atom stereocenters. The SMILES string of the molecule is CCS(=O)(=O)c1ccccc1N1CCNCC1C. The third-order valence-corrected chi connectivity index (χ3v) is 5.17. The number of para-hydroxylation sites is 1. The molecular weight excluding hydrogens is 248 g/mol. The maximum Gasteiger partial charge on any atom is 0.180 e. The summed E-state index contributed by atoms with van der Waals surface area (Å²) >= 11 is 0. The summed E-state index contributed by atoms with van der Waals surface area (Å²) in [5, 5.41) is 3.32. The highest BCUT2D eigenvalue weighted by Crippen LogP contribution is 2.27. The van der Waals surface area contributed by atoms with Gasteiger partial charge in [-0.2, -0.15) is 0 Å². The molecule has 1 unspecified atom stereocenters. The van der Waals surface area contributed by atoms with Gasteiger partial charge in [-0.15, -0.1) is 0 Å². The van der Waals surface area contributed by atoms with Crippen LogP contribution in [0.4, 0.5) is 5.69 Å². The number of rotatable bonds is 3. The number of anilines is 1. The van der Waals surface area contributed by atoms with Crippen molar-refractivity contribution >= 4 is 15.5 Å². The van der Waals surface area contributed by atoms with Crippen molar-refractivity contribution in [2.75, 3.05) is 30.3 Å². The molecule has 0 aromatic heterocycles. The van der Waals surface area contributed by atoms with Crippen molar-refractivity contribution in [1.29, 1.82) is 0 Å². The molecule has 1 aromatic rings. The Bertz CT molecular complexity index is 513. The monoisotopic (exact) mass is 268 g/mol. The summed E-state index contributed by atoms with van der Waals surface area (Å²) in [5.41, 5.74) is 0.841. The van der Waals surface area contributed by atoms with Gasteiger partial charge in [0.1, 0.15) is 0 Å². The second-order valence-electron chi connectivity index (χ2n) is 4.62. The van der Waals surface area contributed by atoms with Gasteiger partial charge >= 0.3 is 0 Å². The summed E-state index contributed by atoms with van der Waals surface area (Å²) < 4.78 is 24.3. The van der Waals surface area contributed by atoms with Crippen molar-refractivity contribution in [2.45, 2.75) is 24.8 Å². The van der Waals surface area contributed by atoms with Crippen molar-refractivity contribution in [1.82, 2.24) is 5.32 Å². The van der Waals surface area contributed by atoms with Crippen LogP contribution in [0.25, 0.3) is 0 Å². The maximum absolute atomic E-state index is 12.1. The Balaban J connectivity index is 2.45. The highest BCUT2D eigenvalue weighted by molar-refractivity contribution is 7.91. The molecule has 4 nitrogen and oxygen atoms in total. The van der Waals surface area contributed by atoms with Crippen molar-refractivity contribution in [3.63, 3.8) is 0 Å². The molecular formula is C13H20N2O2S. The van der Waals surface area contributed by atoms with Gasteiger partial charge in [0.15, 0.2) is 9.84 Å². The van der Waals surface area contributed by atoms with Crippen LogP contribution in [0.3, 0.4) is 0 Å². The van der Waals surface area contributed by atoms with E-state index in [1.165, 1.54) is 0 Å². The molecule has 0 amide bonds. The molecule has 18 heavy (non-hydrogen) atoms. The van der Waals surface area contributed by atoms with Crippen molar-refractivity contribution in [3.05, 3.63) is 24.3 Å². The lowest BCUT2D eigenvalue weighted by Crippen LogP contribution is -2.50. The Morgan fingerprint density at radius 2 is 2.11 bits per heavy atom. The Kier molecular flexibility index (Phi) is 3.92. The van der Waals surface area contributed by atoms with Crippen molar-refractivity contribution in [3.8, 4) is 0 Å². The predicted molar refractivity (Wildman–Crippen MR) is 73.8 cm³/mol. The van der Waals surface area contributed by atoms with Gasteiger partial charge < -0.3 is 10.2 Å². The summed E-state index contributed by atoms with van der Waals surface area (Å²) in [4.78, 5) is 2.64. The van der Waals surface area contributed by atoms with Gasteiger partial charge in [-0.05, 0) is 19.1 Å². The van der Waals surface area contributed by atoms with Gasteiger partial charge in [-0.25, -0.2) is 8.42 Å². The summed E-state index contributed by atoms with van der Waals surface area (Å²) in [6, 6.07) is 7.62. The first-order valence-corrected chi connectivity index (χ1v) is 8.00. The molecule has 1 heterocycles. The van der Waals surface area contributed by atoms with Crippen LogP contribution < -0.4 is 10.2 Å². The lowest BCUT2D eigenvalue weighted by Gasteiger charge is -2.36. The van der Waals surface area contributed by atoms with Gasteiger partial charge in [0, 0.05) is 25.7 Å². The quantitative estimate of drug-likeness (QED) is 0.897. The number of nitrogens with zero attached hydrogens (tertiary/aromatic N) is 1. The van der Waals surface area contributed by atoms with Crippen LogP contribution in [0.1, 0.15) is 13.8 Å². The Labute approximate surface area is 109 Å². The molecule has 1 aromatic carbocycles. The zero-order valence-corrected chi connectivity index (χ0v) is 11.7. The lowest BCUT2D eigenvalue weighted by molar-refractivity contribution is 0.498. The number of nitrogens with one attached hydrogen (secondary N) is 1.